The summed E-state index contributed by atoms with van der Waals surface area (Å²) in [6.07, 6.45) is 3.97. The van der Waals surface area contributed by atoms with Gasteiger partial charge in [-0.1, -0.05) is 28.1 Å². The molecule has 1 heterocycles. The summed E-state index contributed by atoms with van der Waals surface area (Å²) in [5.74, 6) is -0.909. The van der Waals surface area contributed by atoms with Gasteiger partial charge in [0.2, 0.25) is 5.82 Å². The lowest BCUT2D eigenvalue weighted by Gasteiger charge is -2.05. The largest absolute Gasteiger partial charge is 0.475 e. The van der Waals surface area contributed by atoms with Crippen LogP contribution in [0.15, 0.2) is 41.1 Å². The van der Waals surface area contributed by atoms with E-state index in [2.05, 4.69) is 20.9 Å². The van der Waals surface area contributed by atoms with Crippen LogP contribution in [0.3, 0.4) is 0 Å². The van der Waals surface area contributed by atoms with Crippen molar-refractivity contribution in [3.63, 3.8) is 0 Å². The molecular weight excluding hydrogens is 284 g/mol. The molecule has 17 heavy (non-hydrogen) atoms. The molecule has 0 bridgehead atoms. The maximum atomic E-state index is 10.8. The number of imidazole rings is 1. The average Bonchev–Trinajstić information content (AvgIpc) is 2.76. The van der Waals surface area contributed by atoms with Crippen molar-refractivity contribution in [2.24, 2.45) is 0 Å². The zero-order valence-corrected chi connectivity index (χ0v) is 10.6. The highest BCUT2D eigenvalue weighted by molar-refractivity contribution is 9.10. The third-order valence-electron chi connectivity index (χ3n) is 2.46. The van der Waals surface area contributed by atoms with E-state index in [1.165, 1.54) is 11.8 Å². The number of aromatic carboxylic acids is 1. The molecule has 0 aliphatic heterocycles. The van der Waals surface area contributed by atoms with Crippen molar-refractivity contribution in [1.82, 2.24) is 9.55 Å². The minimum atomic E-state index is -0.995. The van der Waals surface area contributed by atoms with E-state index in [4.69, 9.17) is 5.11 Å². The topological polar surface area (TPSA) is 55.1 Å². The number of nitrogens with zero attached hydrogens (tertiary/aromatic N) is 2. The van der Waals surface area contributed by atoms with Crippen molar-refractivity contribution in [2.45, 2.75) is 13.0 Å². The van der Waals surface area contributed by atoms with Gasteiger partial charge in [-0.25, -0.2) is 9.78 Å². The third kappa shape index (κ3) is 2.94. The van der Waals surface area contributed by atoms with Gasteiger partial charge in [-0.15, -0.1) is 0 Å². The number of benzene rings is 1. The van der Waals surface area contributed by atoms with Gasteiger partial charge in [-0.05, 0) is 24.1 Å². The Morgan fingerprint density at radius 3 is 2.71 bits per heavy atom. The number of carboxylic acid groups (broad SMARTS) is 1. The minimum absolute atomic E-state index is 0.0853. The third-order valence-corrected chi connectivity index (χ3v) is 2.99. The molecule has 0 atom stereocenters. The van der Waals surface area contributed by atoms with Crippen molar-refractivity contribution < 1.29 is 9.90 Å². The molecule has 0 spiro atoms. The smallest absolute Gasteiger partial charge is 0.372 e. The van der Waals surface area contributed by atoms with Crippen LogP contribution in [0.4, 0.5) is 0 Å². The molecular formula is C12H11BrN2O2. The van der Waals surface area contributed by atoms with Gasteiger partial charge in [-0.3, -0.25) is 0 Å². The second-order valence-electron chi connectivity index (χ2n) is 3.63. The van der Waals surface area contributed by atoms with Crippen molar-refractivity contribution >= 4 is 21.9 Å². The first kappa shape index (κ1) is 11.9. The number of carbonyl (C=O) groups is 1. The lowest BCUT2D eigenvalue weighted by Crippen LogP contribution is -2.10. The Morgan fingerprint density at radius 2 is 2.06 bits per heavy atom. The van der Waals surface area contributed by atoms with Crippen LogP contribution in [0, 0.1) is 0 Å². The number of hydrogen-bond donors (Lipinski definition) is 1. The highest BCUT2D eigenvalue weighted by Crippen LogP contribution is 2.11. The number of aryl methyl sites for hydroxylation is 2. The fourth-order valence-electron chi connectivity index (χ4n) is 1.59. The second-order valence-corrected chi connectivity index (χ2v) is 4.54. The molecule has 0 saturated carbocycles. The predicted octanol–water partition coefficient (Wildman–Crippen LogP) is 2.59. The van der Waals surface area contributed by atoms with Gasteiger partial charge in [0.05, 0.1) is 0 Å². The Bertz CT molecular complexity index is 520. The second kappa shape index (κ2) is 5.14. The van der Waals surface area contributed by atoms with Crippen LogP contribution in [-0.2, 0) is 13.0 Å². The summed E-state index contributed by atoms with van der Waals surface area (Å²) in [7, 11) is 0. The molecule has 0 fully saturated rings. The van der Waals surface area contributed by atoms with E-state index in [1.54, 1.807) is 10.8 Å². The van der Waals surface area contributed by atoms with Gasteiger partial charge < -0.3 is 9.67 Å². The molecule has 0 amide bonds. The quantitative estimate of drug-likeness (QED) is 0.943. The summed E-state index contributed by atoms with van der Waals surface area (Å²) in [6.45, 7) is 0.614. The Balaban J connectivity index is 2.05. The van der Waals surface area contributed by atoms with E-state index in [9.17, 15) is 4.79 Å². The number of hydrogen-bond acceptors (Lipinski definition) is 2. The molecule has 2 aromatic rings. The normalized spacial score (nSPS) is 10.4. The highest BCUT2D eigenvalue weighted by atomic mass is 79.9. The summed E-state index contributed by atoms with van der Waals surface area (Å²) in [5, 5.41) is 8.90. The highest BCUT2D eigenvalue weighted by Gasteiger charge is 2.09. The number of carboxylic acids is 1. The fraction of sp³-hybridized carbons (Fsp3) is 0.167. The maximum Gasteiger partial charge on any atom is 0.372 e. The molecule has 1 N–H and O–H groups in total. The van der Waals surface area contributed by atoms with E-state index < -0.39 is 5.97 Å². The summed E-state index contributed by atoms with van der Waals surface area (Å²) in [4.78, 5) is 14.6. The van der Waals surface area contributed by atoms with Crippen LogP contribution >= 0.6 is 15.9 Å². The van der Waals surface area contributed by atoms with Crippen molar-refractivity contribution in [3.05, 3.63) is 52.5 Å². The number of aromatic nitrogens is 2. The Hall–Kier alpha value is -1.62. The van der Waals surface area contributed by atoms with Crippen LogP contribution < -0.4 is 0 Å². The Kier molecular flexibility index (Phi) is 3.58. The molecule has 4 nitrogen and oxygen atoms in total. The molecule has 2 rings (SSSR count). The zero-order chi connectivity index (χ0) is 12.3. The molecule has 0 radical (unpaired) electrons. The van der Waals surface area contributed by atoms with Gasteiger partial charge in [0.15, 0.2) is 0 Å². The van der Waals surface area contributed by atoms with Gasteiger partial charge >= 0.3 is 5.97 Å². The van der Waals surface area contributed by atoms with E-state index in [0.717, 1.165) is 10.9 Å². The molecule has 0 aliphatic carbocycles. The Morgan fingerprint density at radius 1 is 1.35 bits per heavy atom. The van der Waals surface area contributed by atoms with Crippen molar-refractivity contribution in [2.75, 3.05) is 0 Å². The molecule has 88 valence electrons. The first-order chi connectivity index (χ1) is 8.16. The van der Waals surface area contributed by atoms with Gasteiger partial charge in [-0.2, -0.15) is 0 Å². The standard InChI is InChI=1S/C12H11BrN2O2/c13-10-3-1-9(2-4-10)5-7-15-8-6-14-11(15)12(16)17/h1-4,6,8H,5,7H2,(H,16,17). The lowest BCUT2D eigenvalue weighted by molar-refractivity contribution is 0.0678. The maximum absolute atomic E-state index is 10.8. The molecule has 0 unspecified atom stereocenters. The van der Waals surface area contributed by atoms with Crippen LogP contribution in [-0.4, -0.2) is 20.6 Å². The molecule has 5 heteroatoms. The first-order valence-corrected chi connectivity index (χ1v) is 5.95. The van der Waals surface area contributed by atoms with Crippen molar-refractivity contribution in [1.29, 1.82) is 0 Å². The van der Waals surface area contributed by atoms with Crippen LogP contribution in [0.5, 0.6) is 0 Å². The van der Waals surface area contributed by atoms with E-state index >= 15 is 0 Å². The zero-order valence-electron chi connectivity index (χ0n) is 9.01. The van der Waals surface area contributed by atoms with Crippen LogP contribution in [0.1, 0.15) is 16.2 Å². The van der Waals surface area contributed by atoms with Crippen LogP contribution in [0.2, 0.25) is 0 Å². The predicted molar refractivity (Wildman–Crippen MR) is 67.0 cm³/mol. The van der Waals surface area contributed by atoms with Gasteiger partial charge in [0.1, 0.15) is 0 Å². The summed E-state index contributed by atoms with van der Waals surface area (Å²) in [5.41, 5.74) is 1.17. The van der Waals surface area contributed by atoms with Gasteiger partial charge in [0.25, 0.3) is 0 Å². The first-order valence-electron chi connectivity index (χ1n) is 5.15. The number of halogens is 1. The lowest BCUT2D eigenvalue weighted by atomic mass is 10.1. The molecule has 1 aromatic carbocycles. The Labute approximate surface area is 107 Å². The minimum Gasteiger partial charge on any atom is -0.475 e. The van der Waals surface area contributed by atoms with E-state index in [0.29, 0.717) is 6.54 Å². The van der Waals surface area contributed by atoms with E-state index in [-0.39, 0.29) is 5.82 Å². The molecule has 0 aliphatic rings. The molecule has 0 saturated heterocycles. The van der Waals surface area contributed by atoms with Crippen LogP contribution in [0.25, 0.3) is 0 Å². The monoisotopic (exact) mass is 294 g/mol. The number of rotatable bonds is 4. The average molecular weight is 295 g/mol. The fourth-order valence-corrected chi connectivity index (χ4v) is 1.85. The summed E-state index contributed by atoms with van der Waals surface area (Å²) < 4.78 is 2.68. The van der Waals surface area contributed by atoms with Crippen molar-refractivity contribution in [3.8, 4) is 0 Å². The molecule has 1 aromatic heterocycles. The summed E-state index contributed by atoms with van der Waals surface area (Å²) >= 11 is 3.37. The SMILES string of the molecule is O=C(O)c1nccn1CCc1ccc(Br)cc1. The summed E-state index contributed by atoms with van der Waals surface area (Å²) in [6, 6.07) is 7.98. The van der Waals surface area contributed by atoms with E-state index in [1.807, 2.05) is 24.3 Å². The van der Waals surface area contributed by atoms with Gasteiger partial charge in [0, 0.05) is 23.4 Å².